The van der Waals surface area contributed by atoms with Crippen LogP contribution in [0.5, 0.6) is 0 Å². The van der Waals surface area contributed by atoms with Crippen LogP contribution in [0.2, 0.25) is 0 Å². The van der Waals surface area contributed by atoms with Gasteiger partial charge in [0.05, 0.1) is 4.90 Å². The standard InChI is InChI=1S/C16H11F2N3O4S/c17-10-2-1-3-11(18)12(10)15-21-13(14(19)22)16(25-15)20-8-4-6-9(7-5-8)26(23)24/h1-7,20H,(H2,19,22)(H,23,24). The lowest BCUT2D eigenvalue weighted by molar-refractivity contribution is 0.0996. The van der Waals surface area contributed by atoms with Crippen LogP contribution in [0.4, 0.5) is 20.4 Å². The van der Waals surface area contributed by atoms with Crippen molar-refractivity contribution in [3.8, 4) is 11.5 Å². The van der Waals surface area contributed by atoms with Crippen LogP contribution >= 0.6 is 0 Å². The van der Waals surface area contributed by atoms with Crippen LogP contribution in [0, 0.1) is 11.6 Å². The summed E-state index contributed by atoms with van der Waals surface area (Å²) >= 11 is -2.14. The van der Waals surface area contributed by atoms with Crippen molar-refractivity contribution < 1.29 is 26.8 Å². The number of nitrogens with zero attached hydrogens (tertiary/aromatic N) is 1. The van der Waals surface area contributed by atoms with Gasteiger partial charge in [-0.15, -0.1) is 0 Å². The van der Waals surface area contributed by atoms with Crippen molar-refractivity contribution in [3.05, 3.63) is 59.8 Å². The molecule has 26 heavy (non-hydrogen) atoms. The minimum Gasteiger partial charge on any atom is -0.419 e. The molecule has 1 aromatic heterocycles. The van der Waals surface area contributed by atoms with Gasteiger partial charge in [-0.2, -0.15) is 0 Å². The van der Waals surface area contributed by atoms with Gasteiger partial charge in [0.1, 0.15) is 17.2 Å². The van der Waals surface area contributed by atoms with E-state index in [-0.39, 0.29) is 16.5 Å². The molecule has 4 N–H and O–H groups in total. The number of anilines is 2. The average Bonchev–Trinajstić information content (AvgIpc) is 2.99. The molecule has 1 atom stereocenters. The van der Waals surface area contributed by atoms with Gasteiger partial charge in [0.2, 0.25) is 11.8 Å². The number of benzene rings is 2. The fourth-order valence-corrected chi connectivity index (χ4v) is 2.54. The molecule has 1 heterocycles. The number of nitrogens with one attached hydrogen (secondary N) is 1. The number of hydrogen-bond donors (Lipinski definition) is 3. The topological polar surface area (TPSA) is 118 Å². The molecule has 1 amide bonds. The summed E-state index contributed by atoms with van der Waals surface area (Å²) in [6, 6.07) is 8.85. The molecule has 7 nitrogen and oxygen atoms in total. The van der Waals surface area contributed by atoms with Crippen molar-refractivity contribution in [1.82, 2.24) is 4.98 Å². The van der Waals surface area contributed by atoms with Gasteiger partial charge in [-0.05, 0) is 36.4 Å². The first-order chi connectivity index (χ1) is 12.4. The summed E-state index contributed by atoms with van der Waals surface area (Å²) < 4.78 is 53.0. The smallest absolute Gasteiger partial charge is 0.273 e. The number of oxazole rings is 1. The average molecular weight is 379 g/mol. The molecule has 0 aliphatic heterocycles. The molecule has 0 bridgehead atoms. The number of aromatic nitrogens is 1. The van der Waals surface area contributed by atoms with Crippen molar-refractivity contribution in [2.75, 3.05) is 5.32 Å². The van der Waals surface area contributed by atoms with Gasteiger partial charge in [0, 0.05) is 5.69 Å². The van der Waals surface area contributed by atoms with E-state index in [0.717, 1.165) is 12.1 Å². The molecule has 0 saturated carbocycles. The SMILES string of the molecule is NC(=O)c1nc(-c2c(F)cccc2F)oc1Nc1ccc(S(=O)O)cc1. The minimum atomic E-state index is -2.14. The van der Waals surface area contributed by atoms with E-state index < -0.39 is 40.1 Å². The van der Waals surface area contributed by atoms with Crippen molar-refractivity contribution in [3.63, 3.8) is 0 Å². The molecule has 0 fully saturated rings. The van der Waals surface area contributed by atoms with E-state index in [4.69, 9.17) is 14.7 Å². The van der Waals surface area contributed by atoms with Gasteiger partial charge in [0.15, 0.2) is 16.8 Å². The Balaban J connectivity index is 2.00. The fourth-order valence-electron chi connectivity index (χ4n) is 2.17. The van der Waals surface area contributed by atoms with Crippen molar-refractivity contribution in [2.24, 2.45) is 5.73 Å². The number of carbonyl (C=O) groups is 1. The zero-order valence-electron chi connectivity index (χ0n) is 12.9. The summed E-state index contributed by atoms with van der Waals surface area (Å²) in [5, 5.41) is 2.69. The first-order valence-corrected chi connectivity index (χ1v) is 8.20. The Kier molecular flexibility index (Phi) is 4.78. The maximum Gasteiger partial charge on any atom is 0.273 e. The number of rotatable bonds is 5. The zero-order valence-corrected chi connectivity index (χ0v) is 13.7. The van der Waals surface area contributed by atoms with Crippen LogP contribution in [0.3, 0.4) is 0 Å². The second-order valence-corrected chi connectivity index (χ2v) is 6.03. The van der Waals surface area contributed by atoms with E-state index in [1.807, 2.05) is 0 Å². The summed E-state index contributed by atoms with van der Waals surface area (Å²) in [4.78, 5) is 15.5. The highest BCUT2D eigenvalue weighted by atomic mass is 32.2. The van der Waals surface area contributed by atoms with E-state index in [0.29, 0.717) is 5.69 Å². The largest absolute Gasteiger partial charge is 0.419 e. The summed E-state index contributed by atoms with van der Waals surface area (Å²) in [5.41, 5.74) is 4.73. The van der Waals surface area contributed by atoms with Crippen LogP contribution in [0.15, 0.2) is 51.8 Å². The lowest BCUT2D eigenvalue weighted by Gasteiger charge is -2.04. The van der Waals surface area contributed by atoms with Gasteiger partial charge in [-0.25, -0.2) is 18.0 Å². The highest BCUT2D eigenvalue weighted by Gasteiger charge is 2.23. The highest BCUT2D eigenvalue weighted by Crippen LogP contribution is 2.31. The monoisotopic (exact) mass is 379 g/mol. The summed E-state index contributed by atoms with van der Waals surface area (Å²) in [5.74, 6) is -3.46. The molecular formula is C16H11F2N3O4S. The molecule has 134 valence electrons. The number of primary amides is 1. The number of carbonyl (C=O) groups excluding carboxylic acids is 1. The van der Waals surface area contributed by atoms with Gasteiger partial charge in [-0.1, -0.05) is 6.07 Å². The molecule has 0 aliphatic carbocycles. The Morgan fingerprint density at radius 1 is 1.15 bits per heavy atom. The molecule has 10 heteroatoms. The lowest BCUT2D eigenvalue weighted by atomic mass is 10.2. The first-order valence-electron chi connectivity index (χ1n) is 7.09. The Bertz CT molecular complexity index is 985. The van der Waals surface area contributed by atoms with Gasteiger partial charge in [0.25, 0.3) is 5.91 Å². The zero-order chi connectivity index (χ0) is 18.8. The van der Waals surface area contributed by atoms with Gasteiger partial charge >= 0.3 is 0 Å². The van der Waals surface area contributed by atoms with Gasteiger partial charge in [-0.3, -0.25) is 4.79 Å². The van der Waals surface area contributed by atoms with E-state index in [9.17, 15) is 17.8 Å². The lowest BCUT2D eigenvalue weighted by Crippen LogP contribution is -2.13. The van der Waals surface area contributed by atoms with E-state index in [1.54, 1.807) is 0 Å². The summed E-state index contributed by atoms with van der Waals surface area (Å²) in [7, 11) is 0. The number of nitrogens with two attached hydrogens (primary N) is 1. The van der Waals surface area contributed by atoms with Crippen LogP contribution < -0.4 is 11.1 Å². The Labute approximate surface area is 148 Å². The third-order valence-corrected chi connectivity index (χ3v) is 4.03. The first kappa shape index (κ1) is 17.7. The molecular weight excluding hydrogens is 368 g/mol. The maximum atomic E-state index is 13.9. The van der Waals surface area contributed by atoms with E-state index in [2.05, 4.69) is 10.3 Å². The number of halogens is 2. The van der Waals surface area contributed by atoms with Crippen molar-refractivity contribution in [1.29, 1.82) is 0 Å². The second-order valence-electron chi connectivity index (χ2n) is 5.06. The predicted molar refractivity (Wildman–Crippen MR) is 89.1 cm³/mol. The van der Waals surface area contributed by atoms with Gasteiger partial charge < -0.3 is 20.0 Å². The van der Waals surface area contributed by atoms with Crippen molar-refractivity contribution >= 4 is 28.6 Å². The molecule has 1 unspecified atom stereocenters. The minimum absolute atomic E-state index is 0.164. The highest BCUT2D eigenvalue weighted by molar-refractivity contribution is 7.79. The maximum absolute atomic E-state index is 13.9. The molecule has 0 spiro atoms. The fraction of sp³-hybridized carbons (Fsp3) is 0. The molecule has 0 aliphatic rings. The third kappa shape index (κ3) is 3.46. The third-order valence-electron chi connectivity index (χ3n) is 3.35. The predicted octanol–water partition coefficient (Wildman–Crippen LogP) is 3.04. The van der Waals surface area contributed by atoms with Crippen LogP contribution in [0.1, 0.15) is 10.5 Å². The quantitative estimate of drug-likeness (QED) is 0.587. The summed E-state index contributed by atoms with van der Waals surface area (Å²) in [6.45, 7) is 0. The Morgan fingerprint density at radius 2 is 1.77 bits per heavy atom. The Hall–Kier alpha value is -3.11. The second kappa shape index (κ2) is 7.02. The molecule has 0 saturated heterocycles. The normalized spacial score (nSPS) is 12.0. The molecule has 3 aromatic rings. The van der Waals surface area contributed by atoms with Crippen LogP contribution in [0.25, 0.3) is 11.5 Å². The van der Waals surface area contributed by atoms with Crippen LogP contribution in [-0.4, -0.2) is 19.7 Å². The van der Waals surface area contributed by atoms with Crippen molar-refractivity contribution in [2.45, 2.75) is 4.90 Å². The van der Waals surface area contributed by atoms with E-state index in [1.165, 1.54) is 30.3 Å². The van der Waals surface area contributed by atoms with E-state index >= 15 is 0 Å². The molecule has 2 aromatic carbocycles. The summed E-state index contributed by atoms with van der Waals surface area (Å²) in [6.07, 6.45) is 0. The molecule has 3 rings (SSSR count). The number of hydrogen-bond acceptors (Lipinski definition) is 5. The number of amides is 1. The molecule has 0 radical (unpaired) electrons. The Morgan fingerprint density at radius 3 is 2.31 bits per heavy atom. The van der Waals surface area contributed by atoms with Crippen LogP contribution in [-0.2, 0) is 11.1 Å².